The Kier molecular flexibility index (Phi) is 3.51. The van der Waals surface area contributed by atoms with Crippen LogP contribution in [-0.2, 0) is 4.74 Å². The minimum atomic E-state index is -0.531. The fraction of sp³-hybridized carbons (Fsp3) is 0.818. The number of ether oxygens (including phenoxy) is 1. The highest BCUT2D eigenvalue weighted by Gasteiger charge is 2.34. The molecule has 0 unspecified atom stereocenters. The summed E-state index contributed by atoms with van der Waals surface area (Å²) in [5.41, 5.74) is 1.26. The molecule has 1 saturated heterocycles. The van der Waals surface area contributed by atoms with Crippen molar-refractivity contribution in [3.8, 4) is 0 Å². The molecule has 0 aromatic rings. The van der Waals surface area contributed by atoms with Crippen molar-refractivity contribution < 1.29 is 9.84 Å². The molecule has 0 bridgehead atoms. The summed E-state index contributed by atoms with van der Waals surface area (Å²) < 4.78 is 5.46. The van der Waals surface area contributed by atoms with Gasteiger partial charge in [0.1, 0.15) is 0 Å². The van der Waals surface area contributed by atoms with Gasteiger partial charge in [0.05, 0.1) is 5.60 Å². The molecule has 2 nitrogen and oxygen atoms in total. The van der Waals surface area contributed by atoms with Crippen LogP contribution in [0.15, 0.2) is 11.6 Å². The van der Waals surface area contributed by atoms with E-state index < -0.39 is 6.29 Å². The minimum Gasteiger partial charge on any atom is -0.368 e. The molecule has 1 fully saturated rings. The molecule has 1 rings (SSSR count). The first kappa shape index (κ1) is 10.7. The summed E-state index contributed by atoms with van der Waals surface area (Å²) in [5.74, 6) is 0. The molecule has 1 heterocycles. The van der Waals surface area contributed by atoms with E-state index in [0.29, 0.717) is 0 Å². The van der Waals surface area contributed by atoms with Crippen LogP contribution in [0.5, 0.6) is 0 Å². The van der Waals surface area contributed by atoms with Gasteiger partial charge in [-0.25, -0.2) is 0 Å². The van der Waals surface area contributed by atoms with Crippen LogP contribution >= 0.6 is 0 Å². The van der Waals surface area contributed by atoms with Crippen molar-refractivity contribution in [1.29, 1.82) is 0 Å². The molecule has 2 heteroatoms. The number of allylic oxidation sites excluding steroid dienone is 2. The summed E-state index contributed by atoms with van der Waals surface area (Å²) in [7, 11) is 0. The average Bonchev–Trinajstić information content (AvgIpc) is 2.30. The van der Waals surface area contributed by atoms with E-state index >= 15 is 0 Å². The third-order valence-electron chi connectivity index (χ3n) is 2.57. The highest BCUT2D eigenvalue weighted by Crippen LogP contribution is 2.32. The molecule has 0 spiro atoms. The van der Waals surface area contributed by atoms with Crippen molar-refractivity contribution in [2.45, 2.75) is 58.3 Å². The van der Waals surface area contributed by atoms with E-state index in [1.54, 1.807) is 0 Å². The Morgan fingerprint density at radius 3 is 2.77 bits per heavy atom. The maximum Gasteiger partial charge on any atom is 0.155 e. The standard InChI is InChI=1S/C11H20O2/c1-9(2)5-4-7-11(3)8-6-10(12)13-11/h5,10,12H,4,6-8H2,1-3H3/t10-,11-/m1/s1. The Labute approximate surface area is 80.6 Å². The zero-order valence-electron chi connectivity index (χ0n) is 8.84. The molecule has 0 saturated carbocycles. The van der Waals surface area contributed by atoms with Gasteiger partial charge in [-0.3, -0.25) is 0 Å². The second kappa shape index (κ2) is 4.25. The van der Waals surface area contributed by atoms with Crippen LogP contribution in [0, 0.1) is 0 Å². The topological polar surface area (TPSA) is 29.5 Å². The Morgan fingerprint density at radius 2 is 2.31 bits per heavy atom. The van der Waals surface area contributed by atoms with Gasteiger partial charge in [-0.1, -0.05) is 11.6 Å². The molecule has 0 radical (unpaired) electrons. The van der Waals surface area contributed by atoms with E-state index in [9.17, 15) is 5.11 Å². The molecule has 0 aromatic carbocycles. The van der Waals surface area contributed by atoms with E-state index in [1.165, 1.54) is 5.57 Å². The fourth-order valence-electron chi connectivity index (χ4n) is 1.73. The fourth-order valence-corrected chi connectivity index (χ4v) is 1.73. The van der Waals surface area contributed by atoms with Crippen molar-refractivity contribution >= 4 is 0 Å². The van der Waals surface area contributed by atoms with Gasteiger partial charge >= 0.3 is 0 Å². The SMILES string of the molecule is CC(C)=CCC[C@]1(C)CC[C@H](O)O1. The second-order valence-electron chi connectivity index (χ2n) is 4.38. The first-order valence-corrected chi connectivity index (χ1v) is 5.01. The quantitative estimate of drug-likeness (QED) is 0.683. The lowest BCUT2D eigenvalue weighted by Gasteiger charge is -2.22. The van der Waals surface area contributed by atoms with Crippen molar-refractivity contribution in [2.24, 2.45) is 0 Å². The molecule has 1 N–H and O–H groups in total. The van der Waals surface area contributed by atoms with Gasteiger partial charge in [0.15, 0.2) is 6.29 Å². The normalized spacial score (nSPS) is 33.4. The molecular weight excluding hydrogens is 164 g/mol. The molecule has 2 atom stereocenters. The highest BCUT2D eigenvalue weighted by molar-refractivity contribution is 4.95. The first-order valence-electron chi connectivity index (χ1n) is 5.01. The summed E-state index contributed by atoms with van der Waals surface area (Å²) in [6.45, 7) is 6.29. The molecule has 0 aliphatic carbocycles. The molecule has 13 heavy (non-hydrogen) atoms. The average molecular weight is 184 g/mol. The predicted octanol–water partition coefficient (Wildman–Crippen LogP) is 2.62. The molecule has 1 aliphatic rings. The third kappa shape index (κ3) is 3.49. The van der Waals surface area contributed by atoms with E-state index in [1.807, 2.05) is 0 Å². The summed E-state index contributed by atoms with van der Waals surface area (Å²) in [5, 5.41) is 9.24. The Hall–Kier alpha value is -0.340. The second-order valence-corrected chi connectivity index (χ2v) is 4.38. The van der Waals surface area contributed by atoms with Crippen LogP contribution in [-0.4, -0.2) is 17.0 Å². The van der Waals surface area contributed by atoms with Crippen LogP contribution in [0.4, 0.5) is 0 Å². The monoisotopic (exact) mass is 184 g/mol. The molecular formula is C11H20O2. The van der Waals surface area contributed by atoms with Gasteiger partial charge in [-0.2, -0.15) is 0 Å². The van der Waals surface area contributed by atoms with Crippen molar-refractivity contribution in [1.82, 2.24) is 0 Å². The number of hydrogen-bond donors (Lipinski definition) is 1. The van der Waals surface area contributed by atoms with E-state index in [2.05, 4.69) is 26.8 Å². The third-order valence-corrected chi connectivity index (χ3v) is 2.57. The molecule has 0 aromatic heterocycles. The van der Waals surface area contributed by atoms with Crippen molar-refractivity contribution in [3.05, 3.63) is 11.6 Å². The molecule has 1 aliphatic heterocycles. The zero-order valence-corrected chi connectivity index (χ0v) is 8.84. The zero-order chi connectivity index (χ0) is 9.90. The van der Waals surface area contributed by atoms with Gasteiger partial charge in [0.25, 0.3) is 0 Å². The maximum absolute atomic E-state index is 9.24. The number of aliphatic hydroxyl groups excluding tert-OH is 1. The Bertz CT molecular complexity index is 194. The number of rotatable bonds is 3. The van der Waals surface area contributed by atoms with Crippen LogP contribution in [0.3, 0.4) is 0 Å². The van der Waals surface area contributed by atoms with Crippen LogP contribution in [0.1, 0.15) is 46.5 Å². The minimum absolute atomic E-state index is 0.0919. The summed E-state index contributed by atoms with van der Waals surface area (Å²) in [6.07, 6.45) is 5.51. The summed E-state index contributed by atoms with van der Waals surface area (Å²) in [4.78, 5) is 0. The van der Waals surface area contributed by atoms with Crippen LogP contribution in [0.2, 0.25) is 0 Å². The van der Waals surface area contributed by atoms with Crippen molar-refractivity contribution in [3.63, 3.8) is 0 Å². The maximum atomic E-state index is 9.24. The summed E-state index contributed by atoms with van der Waals surface area (Å²) >= 11 is 0. The van der Waals surface area contributed by atoms with Gasteiger partial charge in [-0.05, 0) is 40.0 Å². The predicted molar refractivity (Wildman–Crippen MR) is 53.4 cm³/mol. The van der Waals surface area contributed by atoms with Gasteiger partial charge in [0, 0.05) is 6.42 Å². The van der Waals surface area contributed by atoms with Gasteiger partial charge in [-0.15, -0.1) is 0 Å². The van der Waals surface area contributed by atoms with Crippen LogP contribution < -0.4 is 0 Å². The largest absolute Gasteiger partial charge is 0.368 e. The highest BCUT2D eigenvalue weighted by atomic mass is 16.6. The molecule has 0 amide bonds. The smallest absolute Gasteiger partial charge is 0.155 e. The number of aliphatic hydroxyl groups is 1. The van der Waals surface area contributed by atoms with E-state index in [4.69, 9.17) is 4.74 Å². The number of hydrogen-bond acceptors (Lipinski definition) is 2. The Balaban J connectivity index is 2.32. The van der Waals surface area contributed by atoms with Crippen molar-refractivity contribution in [2.75, 3.05) is 0 Å². The lowest BCUT2D eigenvalue weighted by molar-refractivity contribution is -0.132. The molecule has 76 valence electrons. The van der Waals surface area contributed by atoms with Crippen LogP contribution in [0.25, 0.3) is 0 Å². The van der Waals surface area contributed by atoms with E-state index in [0.717, 1.165) is 25.7 Å². The first-order chi connectivity index (χ1) is 6.02. The lowest BCUT2D eigenvalue weighted by atomic mass is 9.96. The van der Waals surface area contributed by atoms with Gasteiger partial charge in [0.2, 0.25) is 0 Å². The lowest BCUT2D eigenvalue weighted by Crippen LogP contribution is -2.24. The summed E-state index contributed by atoms with van der Waals surface area (Å²) in [6, 6.07) is 0. The van der Waals surface area contributed by atoms with Gasteiger partial charge < -0.3 is 9.84 Å². The van der Waals surface area contributed by atoms with E-state index in [-0.39, 0.29) is 5.60 Å². The Morgan fingerprint density at radius 1 is 1.62 bits per heavy atom.